The van der Waals surface area contributed by atoms with Gasteiger partial charge in [-0.15, -0.1) is 0 Å². The van der Waals surface area contributed by atoms with Crippen molar-refractivity contribution in [3.8, 4) is 5.69 Å². The fraction of sp³-hybridized carbons (Fsp3) is 0. The lowest BCUT2D eigenvalue weighted by Crippen LogP contribution is -1.91. The second-order valence-corrected chi connectivity index (χ2v) is 2.85. The zero-order valence-electron chi connectivity index (χ0n) is 7.35. The first-order chi connectivity index (χ1) is 6.42. The molecular formula is C12H11N. The lowest BCUT2D eigenvalue weighted by Gasteiger charge is -2.06. The van der Waals surface area contributed by atoms with Crippen LogP contribution in [0.25, 0.3) is 11.8 Å². The molecule has 1 nitrogen and oxygen atoms in total. The van der Waals surface area contributed by atoms with Gasteiger partial charge in [0.1, 0.15) is 0 Å². The number of aromatic nitrogens is 1. The minimum absolute atomic E-state index is 1.15. The van der Waals surface area contributed by atoms with E-state index >= 15 is 0 Å². The zero-order valence-corrected chi connectivity index (χ0v) is 7.35. The Bertz CT molecular complexity index is 399. The van der Waals surface area contributed by atoms with E-state index in [9.17, 15) is 0 Å². The third-order valence-electron chi connectivity index (χ3n) is 2.04. The molecule has 1 aromatic heterocycles. The Morgan fingerprint density at radius 2 is 1.69 bits per heavy atom. The van der Waals surface area contributed by atoms with Gasteiger partial charge in [0.25, 0.3) is 0 Å². The summed E-state index contributed by atoms with van der Waals surface area (Å²) in [6.07, 6.45) is 5.93. The van der Waals surface area contributed by atoms with Crippen LogP contribution < -0.4 is 0 Å². The van der Waals surface area contributed by atoms with Gasteiger partial charge in [-0.05, 0) is 23.8 Å². The van der Waals surface area contributed by atoms with Crippen LogP contribution in [0.3, 0.4) is 0 Å². The molecule has 0 bridgehead atoms. The SMILES string of the molecule is C=Cc1ccccc1-n1cccc1. The van der Waals surface area contributed by atoms with Crippen molar-refractivity contribution in [2.75, 3.05) is 0 Å². The van der Waals surface area contributed by atoms with Crippen molar-refractivity contribution in [2.45, 2.75) is 0 Å². The molecule has 0 atom stereocenters. The predicted molar refractivity (Wildman–Crippen MR) is 55.9 cm³/mol. The minimum Gasteiger partial charge on any atom is -0.323 e. The summed E-state index contributed by atoms with van der Waals surface area (Å²) in [6.45, 7) is 3.79. The zero-order chi connectivity index (χ0) is 9.10. The topological polar surface area (TPSA) is 4.93 Å². The van der Waals surface area contributed by atoms with Gasteiger partial charge in [-0.2, -0.15) is 0 Å². The molecule has 1 aromatic carbocycles. The van der Waals surface area contributed by atoms with Crippen molar-refractivity contribution >= 4 is 6.08 Å². The van der Waals surface area contributed by atoms with Gasteiger partial charge >= 0.3 is 0 Å². The van der Waals surface area contributed by atoms with Gasteiger partial charge in [0.15, 0.2) is 0 Å². The number of rotatable bonds is 2. The van der Waals surface area contributed by atoms with Crippen molar-refractivity contribution in [3.63, 3.8) is 0 Å². The van der Waals surface area contributed by atoms with E-state index in [1.807, 2.05) is 42.7 Å². The molecule has 0 saturated carbocycles. The van der Waals surface area contributed by atoms with Crippen molar-refractivity contribution in [2.24, 2.45) is 0 Å². The molecule has 0 aliphatic rings. The molecular weight excluding hydrogens is 158 g/mol. The smallest absolute Gasteiger partial charge is 0.0521 e. The second kappa shape index (κ2) is 3.31. The van der Waals surface area contributed by atoms with E-state index in [1.54, 1.807) is 0 Å². The Balaban J connectivity index is 2.57. The summed E-state index contributed by atoms with van der Waals surface area (Å²) in [4.78, 5) is 0. The van der Waals surface area contributed by atoms with Crippen LogP contribution >= 0.6 is 0 Å². The van der Waals surface area contributed by atoms with Gasteiger partial charge in [0, 0.05) is 12.4 Å². The fourth-order valence-electron chi connectivity index (χ4n) is 1.39. The molecule has 2 aromatic rings. The third-order valence-corrected chi connectivity index (χ3v) is 2.04. The molecule has 0 unspecified atom stereocenters. The first kappa shape index (κ1) is 7.87. The van der Waals surface area contributed by atoms with E-state index in [0.29, 0.717) is 0 Å². The average Bonchev–Trinajstić information content (AvgIpc) is 2.70. The molecule has 1 heterocycles. The molecule has 0 amide bonds. The van der Waals surface area contributed by atoms with Crippen molar-refractivity contribution in [1.82, 2.24) is 4.57 Å². The molecule has 13 heavy (non-hydrogen) atoms. The summed E-state index contributed by atoms with van der Waals surface area (Å²) in [5, 5.41) is 0. The molecule has 0 fully saturated rings. The number of benzene rings is 1. The summed E-state index contributed by atoms with van der Waals surface area (Å²) < 4.78 is 2.08. The van der Waals surface area contributed by atoms with Crippen molar-refractivity contribution in [3.05, 3.63) is 60.9 Å². The Morgan fingerprint density at radius 1 is 1.00 bits per heavy atom. The quantitative estimate of drug-likeness (QED) is 0.651. The molecule has 0 radical (unpaired) electrons. The highest BCUT2D eigenvalue weighted by Crippen LogP contribution is 2.15. The monoisotopic (exact) mass is 169 g/mol. The van der Waals surface area contributed by atoms with Crippen LogP contribution in [0, 0.1) is 0 Å². The van der Waals surface area contributed by atoms with Gasteiger partial charge in [-0.1, -0.05) is 30.9 Å². The molecule has 0 N–H and O–H groups in total. The average molecular weight is 169 g/mol. The third kappa shape index (κ3) is 1.41. The molecule has 0 saturated heterocycles. The van der Waals surface area contributed by atoms with E-state index < -0.39 is 0 Å². The summed E-state index contributed by atoms with van der Waals surface area (Å²) >= 11 is 0. The Kier molecular flexibility index (Phi) is 2.01. The molecule has 64 valence electrons. The highest BCUT2D eigenvalue weighted by molar-refractivity contribution is 5.59. The van der Waals surface area contributed by atoms with Crippen LogP contribution in [-0.4, -0.2) is 4.57 Å². The van der Waals surface area contributed by atoms with Crippen LogP contribution in [0.15, 0.2) is 55.4 Å². The van der Waals surface area contributed by atoms with E-state index in [0.717, 1.165) is 5.56 Å². The maximum absolute atomic E-state index is 3.79. The van der Waals surface area contributed by atoms with Gasteiger partial charge in [0.2, 0.25) is 0 Å². The molecule has 2 rings (SSSR count). The second-order valence-electron chi connectivity index (χ2n) is 2.85. The van der Waals surface area contributed by atoms with E-state index in [4.69, 9.17) is 0 Å². The normalized spacial score (nSPS) is 9.85. The maximum atomic E-state index is 3.79. The van der Waals surface area contributed by atoms with Crippen LogP contribution in [0.4, 0.5) is 0 Å². The number of hydrogen-bond acceptors (Lipinski definition) is 0. The minimum atomic E-state index is 1.15. The number of para-hydroxylation sites is 1. The van der Waals surface area contributed by atoms with E-state index in [-0.39, 0.29) is 0 Å². The van der Waals surface area contributed by atoms with Crippen LogP contribution in [0.2, 0.25) is 0 Å². The Labute approximate surface area is 77.9 Å². The maximum Gasteiger partial charge on any atom is 0.0521 e. The van der Waals surface area contributed by atoms with Gasteiger partial charge in [-0.3, -0.25) is 0 Å². The van der Waals surface area contributed by atoms with Gasteiger partial charge in [-0.25, -0.2) is 0 Å². The highest BCUT2D eigenvalue weighted by Gasteiger charge is 1.97. The molecule has 0 aliphatic heterocycles. The first-order valence-electron chi connectivity index (χ1n) is 4.26. The van der Waals surface area contributed by atoms with E-state index in [1.165, 1.54) is 5.69 Å². The summed E-state index contributed by atoms with van der Waals surface area (Å²) in [7, 11) is 0. The van der Waals surface area contributed by atoms with Crippen LogP contribution in [0.1, 0.15) is 5.56 Å². The van der Waals surface area contributed by atoms with Crippen LogP contribution in [-0.2, 0) is 0 Å². The molecule has 0 aliphatic carbocycles. The van der Waals surface area contributed by atoms with Crippen molar-refractivity contribution in [1.29, 1.82) is 0 Å². The summed E-state index contributed by atoms with van der Waals surface area (Å²) in [5.74, 6) is 0. The summed E-state index contributed by atoms with van der Waals surface area (Å²) in [5.41, 5.74) is 2.32. The lowest BCUT2D eigenvalue weighted by molar-refractivity contribution is 1.08. The Hall–Kier alpha value is -1.76. The number of nitrogens with zero attached hydrogens (tertiary/aromatic N) is 1. The fourth-order valence-corrected chi connectivity index (χ4v) is 1.39. The lowest BCUT2D eigenvalue weighted by atomic mass is 10.2. The van der Waals surface area contributed by atoms with Gasteiger partial charge in [0.05, 0.1) is 5.69 Å². The van der Waals surface area contributed by atoms with Gasteiger partial charge < -0.3 is 4.57 Å². The molecule has 0 spiro atoms. The highest BCUT2D eigenvalue weighted by atomic mass is 14.9. The molecule has 1 heteroatoms. The van der Waals surface area contributed by atoms with Crippen LogP contribution in [0.5, 0.6) is 0 Å². The number of hydrogen-bond donors (Lipinski definition) is 0. The standard InChI is InChI=1S/C12H11N/c1-2-11-7-3-4-8-12(11)13-9-5-6-10-13/h2-10H,1H2. The Morgan fingerprint density at radius 3 is 2.38 bits per heavy atom. The predicted octanol–water partition coefficient (Wildman–Crippen LogP) is 3.12. The van der Waals surface area contributed by atoms with Crippen molar-refractivity contribution < 1.29 is 0 Å². The largest absolute Gasteiger partial charge is 0.323 e. The summed E-state index contributed by atoms with van der Waals surface area (Å²) in [6, 6.07) is 12.2. The first-order valence-corrected chi connectivity index (χ1v) is 4.26. The van der Waals surface area contributed by atoms with E-state index in [2.05, 4.69) is 23.3 Å².